The van der Waals surface area contributed by atoms with Crippen molar-refractivity contribution in [3.8, 4) is 18.1 Å². The second-order valence-electron chi connectivity index (χ2n) is 2.02. The first-order chi connectivity index (χ1) is 5.26. The molecular weight excluding hydrogens is 204 g/mol. The highest BCUT2D eigenvalue weighted by Gasteiger charge is 1.95. The number of halogens is 1. The lowest BCUT2D eigenvalue weighted by Crippen LogP contribution is -1.83. The standard InChI is InChI=1S/C9H7BrO/c1-3-7-4-8(10)6-9(5-7)11-2/h1,4-6H,2H3. The molecule has 0 aliphatic carbocycles. The number of methoxy groups -OCH3 is 1. The summed E-state index contributed by atoms with van der Waals surface area (Å²) in [5, 5.41) is 0. The van der Waals surface area contributed by atoms with Gasteiger partial charge in [-0.2, -0.15) is 0 Å². The van der Waals surface area contributed by atoms with Crippen molar-refractivity contribution in [1.82, 2.24) is 0 Å². The molecular formula is C9H7BrO. The Balaban J connectivity index is 3.15. The van der Waals surface area contributed by atoms with Gasteiger partial charge in [-0.3, -0.25) is 0 Å². The van der Waals surface area contributed by atoms with E-state index in [4.69, 9.17) is 11.2 Å². The Morgan fingerprint density at radius 2 is 2.18 bits per heavy atom. The van der Waals surface area contributed by atoms with E-state index in [0.717, 1.165) is 15.8 Å². The van der Waals surface area contributed by atoms with Gasteiger partial charge in [0.2, 0.25) is 0 Å². The van der Waals surface area contributed by atoms with Gasteiger partial charge in [0.15, 0.2) is 0 Å². The Labute approximate surface area is 74.5 Å². The second kappa shape index (κ2) is 3.45. The minimum atomic E-state index is 0.771. The lowest BCUT2D eigenvalue weighted by atomic mass is 10.2. The van der Waals surface area contributed by atoms with Crippen LogP contribution in [0.5, 0.6) is 5.75 Å². The van der Waals surface area contributed by atoms with Crippen molar-refractivity contribution < 1.29 is 4.74 Å². The first-order valence-corrected chi connectivity index (χ1v) is 3.87. The molecule has 0 amide bonds. The van der Waals surface area contributed by atoms with Crippen molar-refractivity contribution in [3.05, 3.63) is 28.2 Å². The normalized spacial score (nSPS) is 8.82. The van der Waals surface area contributed by atoms with Crippen LogP contribution >= 0.6 is 15.9 Å². The molecule has 0 atom stereocenters. The SMILES string of the molecule is C#Cc1cc(Br)cc(OC)c1. The monoisotopic (exact) mass is 210 g/mol. The minimum Gasteiger partial charge on any atom is -0.497 e. The van der Waals surface area contributed by atoms with E-state index in [2.05, 4.69) is 21.9 Å². The molecule has 0 saturated carbocycles. The van der Waals surface area contributed by atoms with Gasteiger partial charge >= 0.3 is 0 Å². The third-order valence-electron chi connectivity index (χ3n) is 1.27. The molecule has 1 aromatic carbocycles. The Kier molecular flexibility index (Phi) is 2.56. The van der Waals surface area contributed by atoms with Crippen LogP contribution in [-0.2, 0) is 0 Å². The van der Waals surface area contributed by atoms with Gasteiger partial charge in [-0.25, -0.2) is 0 Å². The van der Waals surface area contributed by atoms with Crippen LogP contribution in [0.4, 0.5) is 0 Å². The summed E-state index contributed by atoms with van der Waals surface area (Å²) in [7, 11) is 1.61. The van der Waals surface area contributed by atoms with Crippen molar-refractivity contribution >= 4 is 15.9 Å². The van der Waals surface area contributed by atoms with E-state index in [1.54, 1.807) is 7.11 Å². The van der Waals surface area contributed by atoms with Crippen molar-refractivity contribution in [1.29, 1.82) is 0 Å². The van der Waals surface area contributed by atoms with E-state index >= 15 is 0 Å². The summed E-state index contributed by atoms with van der Waals surface area (Å²) >= 11 is 3.32. The number of ether oxygens (including phenoxy) is 1. The summed E-state index contributed by atoms with van der Waals surface area (Å²) in [6.45, 7) is 0. The van der Waals surface area contributed by atoms with E-state index in [9.17, 15) is 0 Å². The van der Waals surface area contributed by atoms with Gasteiger partial charge in [0, 0.05) is 10.0 Å². The van der Waals surface area contributed by atoms with Crippen LogP contribution in [0.15, 0.2) is 22.7 Å². The molecule has 1 aromatic rings. The van der Waals surface area contributed by atoms with Crippen LogP contribution in [-0.4, -0.2) is 7.11 Å². The van der Waals surface area contributed by atoms with Crippen LogP contribution in [0.2, 0.25) is 0 Å². The molecule has 1 rings (SSSR count). The lowest BCUT2D eigenvalue weighted by molar-refractivity contribution is 0.414. The average Bonchev–Trinajstić information content (AvgIpc) is 2.03. The highest BCUT2D eigenvalue weighted by atomic mass is 79.9. The third kappa shape index (κ3) is 1.99. The van der Waals surface area contributed by atoms with E-state index < -0.39 is 0 Å². The largest absolute Gasteiger partial charge is 0.497 e. The molecule has 0 bridgehead atoms. The van der Waals surface area contributed by atoms with Gasteiger partial charge in [0.05, 0.1) is 7.11 Å². The molecule has 56 valence electrons. The summed E-state index contributed by atoms with van der Waals surface area (Å²) in [4.78, 5) is 0. The maximum Gasteiger partial charge on any atom is 0.121 e. The van der Waals surface area contributed by atoms with Gasteiger partial charge in [-0.05, 0) is 18.2 Å². The van der Waals surface area contributed by atoms with Gasteiger partial charge in [-0.1, -0.05) is 21.9 Å². The third-order valence-corrected chi connectivity index (χ3v) is 1.73. The van der Waals surface area contributed by atoms with E-state index in [0.29, 0.717) is 0 Å². The molecule has 1 nitrogen and oxygen atoms in total. The molecule has 0 saturated heterocycles. The van der Waals surface area contributed by atoms with Crippen LogP contribution in [0.3, 0.4) is 0 Å². The summed E-state index contributed by atoms with van der Waals surface area (Å²) < 4.78 is 5.95. The molecule has 0 N–H and O–H groups in total. The van der Waals surface area contributed by atoms with Crippen LogP contribution < -0.4 is 4.74 Å². The van der Waals surface area contributed by atoms with E-state index in [1.165, 1.54) is 0 Å². The highest BCUT2D eigenvalue weighted by molar-refractivity contribution is 9.10. The van der Waals surface area contributed by atoms with Crippen molar-refractivity contribution in [3.63, 3.8) is 0 Å². The summed E-state index contributed by atoms with van der Waals surface area (Å²) in [6, 6.07) is 5.54. The fraction of sp³-hybridized carbons (Fsp3) is 0.111. The second-order valence-corrected chi connectivity index (χ2v) is 2.94. The fourth-order valence-electron chi connectivity index (χ4n) is 0.764. The van der Waals surface area contributed by atoms with Crippen LogP contribution in [0.1, 0.15) is 5.56 Å². The van der Waals surface area contributed by atoms with Crippen molar-refractivity contribution in [2.45, 2.75) is 0 Å². The molecule has 11 heavy (non-hydrogen) atoms. The van der Waals surface area contributed by atoms with E-state index in [1.807, 2.05) is 18.2 Å². The number of hydrogen-bond acceptors (Lipinski definition) is 1. The zero-order chi connectivity index (χ0) is 8.27. The van der Waals surface area contributed by atoms with Crippen molar-refractivity contribution in [2.24, 2.45) is 0 Å². The molecule has 0 spiro atoms. The van der Waals surface area contributed by atoms with Crippen LogP contribution in [0, 0.1) is 12.3 Å². The van der Waals surface area contributed by atoms with Gasteiger partial charge < -0.3 is 4.74 Å². The Bertz CT molecular complexity index is 299. The molecule has 2 heteroatoms. The first kappa shape index (κ1) is 8.16. The topological polar surface area (TPSA) is 9.23 Å². The number of terminal acetylenes is 1. The van der Waals surface area contributed by atoms with Crippen molar-refractivity contribution in [2.75, 3.05) is 7.11 Å². The predicted octanol–water partition coefficient (Wildman–Crippen LogP) is 2.44. The number of rotatable bonds is 1. The van der Waals surface area contributed by atoms with E-state index in [-0.39, 0.29) is 0 Å². The Hall–Kier alpha value is -0.940. The molecule has 0 heterocycles. The number of hydrogen-bond donors (Lipinski definition) is 0. The summed E-state index contributed by atoms with van der Waals surface area (Å²) in [5.41, 5.74) is 0.816. The van der Waals surface area contributed by atoms with Gasteiger partial charge in [-0.15, -0.1) is 6.42 Å². The molecule has 0 aromatic heterocycles. The zero-order valence-electron chi connectivity index (χ0n) is 6.10. The first-order valence-electron chi connectivity index (χ1n) is 3.07. The molecule has 0 aliphatic rings. The van der Waals surface area contributed by atoms with Crippen LogP contribution in [0.25, 0.3) is 0 Å². The Morgan fingerprint density at radius 3 is 2.73 bits per heavy atom. The maximum absolute atomic E-state index is 5.22. The molecule has 0 radical (unpaired) electrons. The number of benzene rings is 1. The van der Waals surface area contributed by atoms with Gasteiger partial charge in [0.25, 0.3) is 0 Å². The molecule has 0 fully saturated rings. The average molecular weight is 211 g/mol. The summed E-state index contributed by atoms with van der Waals surface area (Å²) in [5.74, 6) is 3.30. The van der Waals surface area contributed by atoms with Gasteiger partial charge in [0.1, 0.15) is 5.75 Å². The highest BCUT2D eigenvalue weighted by Crippen LogP contribution is 2.20. The zero-order valence-corrected chi connectivity index (χ0v) is 7.68. The maximum atomic E-state index is 5.22. The fourth-order valence-corrected chi connectivity index (χ4v) is 1.24. The summed E-state index contributed by atoms with van der Waals surface area (Å²) in [6.07, 6.45) is 5.22. The smallest absolute Gasteiger partial charge is 0.121 e. The quantitative estimate of drug-likeness (QED) is 0.648. The Morgan fingerprint density at radius 1 is 1.45 bits per heavy atom. The minimum absolute atomic E-state index is 0.771. The molecule has 0 aliphatic heterocycles. The predicted molar refractivity (Wildman–Crippen MR) is 48.6 cm³/mol. The lowest BCUT2D eigenvalue weighted by Gasteiger charge is -2.00. The molecule has 0 unspecified atom stereocenters.